The second kappa shape index (κ2) is 8.52. The number of imide groups is 1. The molecule has 0 radical (unpaired) electrons. The number of hydrogen-bond acceptors (Lipinski definition) is 3. The van der Waals surface area contributed by atoms with Crippen molar-refractivity contribution in [3.8, 4) is 0 Å². The lowest BCUT2D eigenvalue weighted by Gasteiger charge is -2.55. The summed E-state index contributed by atoms with van der Waals surface area (Å²) in [5.74, 6) is -2.08. The Labute approximate surface area is 228 Å². The van der Waals surface area contributed by atoms with Gasteiger partial charge in [0.25, 0.3) is 0 Å². The highest BCUT2D eigenvalue weighted by atomic mass is 79.9. The van der Waals surface area contributed by atoms with Gasteiger partial charge < -0.3 is 4.90 Å². The summed E-state index contributed by atoms with van der Waals surface area (Å²) in [4.78, 5) is 45.9. The van der Waals surface area contributed by atoms with Gasteiger partial charge >= 0.3 is 0 Å². The molecule has 2 bridgehead atoms. The Hall–Kier alpha value is -1.99. The van der Waals surface area contributed by atoms with Crippen molar-refractivity contribution in [1.29, 1.82) is 0 Å². The summed E-state index contributed by atoms with van der Waals surface area (Å²) in [6, 6.07) is 15.3. The maximum absolute atomic E-state index is 14.4. The molecule has 7 heteroatoms. The number of benzene rings is 2. The molecule has 0 saturated carbocycles. The molecule has 188 valence electrons. The molecular weight excluding hydrogens is 584 g/mol. The number of halogens is 2. The number of carbonyl (C=O) groups excluding carboxylic acids is 3. The van der Waals surface area contributed by atoms with E-state index in [-0.39, 0.29) is 23.6 Å². The van der Waals surface area contributed by atoms with E-state index >= 15 is 0 Å². The normalized spacial score (nSPS) is 31.7. The van der Waals surface area contributed by atoms with E-state index in [0.29, 0.717) is 13.1 Å². The Balaban J connectivity index is 1.50. The maximum atomic E-state index is 14.4. The van der Waals surface area contributed by atoms with Gasteiger partial charge in [0.2, 0.25) is 17.7 Å². The van der Waals surface area contributed by atoms with Crippen LogP contribution in [-0.4, -0.2) is 46.7 Å². The first-order valence-electron chi connectivity index (χ1n) is 13.0. The SMILES string of the molecule is CC(C)[C@@H](C(=O)N1CCCCCC1)N1C(=O)[C@@H]2[C@H](C1=O)C1(Br)c3ccccc3C2(Br)c2ccccc21. The summed E-state index contributed by atoms with van der Waals surface area (Å²) < 4.78 is -1.68. The Morgan fingerprint density at radius 2 is 1.17 bits per heavy atom. The minimum absolute atomic E-state index is 0.0955. The highest BCUT2D eigenvalue weighted by Crippen LogP contribution is 2.70. The Morgan fingerprint density at radius 3 is 1.53 bits per heavy atom. The fourth-order valence-electron chi connectivity index (χ4n) is 7.13. The summed E-state index contributed by atoms with van der Waals surface area (Å²) in [5, 5.41) is 0. The number of alkyl halides is 2. The van der Waals surface area contributed by atoms with Crippen molar-refractivity contribution in [2.45, 2.75) is 54.2 Å². The van der Waals surface area contributed by atoms with Gasteiger partial charge in [0.05, 0.1) is 20.5 Å². The van der Waals surface area contributed by atoms with Crippen LogP contribution in [0.2, 0.25) is 0 Å². The molecule has 2 aromatic rings. The van der Waals surface area contributed by atoms with Crippen LogP contribution in [0, 0.1) is 17.8 Å². The number of carbonyl (C=O) groups is 3. The fraction of sp³-hybridized carbons (Fsp3) is 0.483. The molecule has 5 nitrogen and oxygen atoms in total. The van der Waals surface area contributed by atoms with Crippen LogP contribution in [0.25, 0.3) is 0 Å². The zero-order valence-electron chi connectivity index (χ0n) is 20.5. The third-order valence-corrected chi connectivity index (χ3v) is 11.4. The molecule has 3 atom stereocenters. The molecule has 5 aliphatic rings. The van der Waals surface area contributed by atoms with E-state index in [4.69, 9.17) is 0 Å². The van der Waals surface area contributed by atoms with E-state index in [1.807, 2.05) is 43.0 Å². The number of hydrogen-bond donors (Lipinski definition) is 0. The maximum Gasteiger partial charge on any atom is 0.246 e. The Bertz CT molecular complexity index is 1150. The van der Waals surface area contributed by atoms with Crippen LogP contribution in [0.3, 0.4) is 0 Å². The molecule has 0 N–H and O–H groups in total. The lowest BCUT2D eigenvalue weighted by Crippen LogP contribution is -2.56. The van der Waals surface area contributed by atoms with Gasteiger partial charge in [-0.3, -0.25) is 19.3 Å². The van der Waals surface area contributed by atoms with Gasteiger partial charge in [-0.25, -0.2) is 0 Å². The average Bonchev–Trinajstić information content (AvgIpc) is 3.04. The standard InChI is InChI=1S/C29H30Br2N2O3/c1-17(2)24(27(36)32-15-9-3-4-10-16-32)33-25(34)22-23(26(33)35)29(31)19-12-6-5-11-18(19)28(22,30)20-13-7-8-14-21(20)29/h5-8,11-14,17,22-24H,3-4,9-10,15-16H2,1-2H3/t22-,23+,24-,28?,29?/m0/s1. The third kappa shape index (κ3) is 3.02. The first-order chi connectivity index (χ1) is 17.2. The van der Waals surface area contributed by atoms with E-state index in [2.05, 4.69) is 56.1 Å². The van der Waals surface area contributed by atoms with Crippen LogP contribution in [0.1, 0.15) is 61.8 Å². The fourth-order valence-corrected chi connectivity index (χ4v) is 9.44. The van der Waals surface area contributed by atoms with Crippen LogP contribution in [-0.2, 0) is 23.0 Å². The summed E-state index contributed by atoms with van der Waals surface area (Å²) in [7, 11) is 0. The van der Waals surface area contributed by atoms with Crippen molar-refractivity contribution < 1.29 is 14.4 Å². The zero-order chi connectivity index (χ0) is 25.4. The van der Waals surface area contributed by atoms with E-state index in [0.717, 1.165) is 47.9 Å². The van der Waals surface area contributed by atoms with Crippen LogP contribution in [0.4, 0.5) is 0 Å². The molecule has 0 unspecified atom stereocenters. The zero-order valence-corrected chi connectivity index (χ0v) is 23.7. The predicted molar refractivity (Wildman–Crippen MR) is 145 cm³/mol. The average molecular weight is 614 g/mol. The van der Waals surface area contributed by atoms with Crippen LogP contribution < -0.4 is 0 Å². The molecule has 0 aromatic heterocycles. The Morgan fingerprint density at radius 1 is 0.778 bits per heavy atom. The van der Waals surface area contributed by atoms with E-state index in [1.165, 1.54) is 4.90 Å². The molecule has 3 amide bonds. The van der Waals surface area contributed by atoms with Gasteiger partial charge in [0, 0.05) is 13.1 Å². The minimum atomic E-state index is -0.838. The van der Waals surface area contributed by atoms with Gasteiger partial charge in [0.15, 0.2) is 0 Å². The summed E-state index contributed by atoms with van der Waals surface area (Å²) in [5.41, 5.74) is 4.02. The predicted octanol–water partition coefficient (Wildman–Crippen LogP) is 5.32. The molecular formula is C29H30Br2N2O3. The van der Waals surface area contributed by atoms with E-state index < -0.39 is 26.5 Å². The van der Waals surface area contributed by atoms with Crippen molar-refractivity contribution >= 4 is 49.6 Å². The van der Waals surface area contributed by atoms with Crippen molar-refractivity contribution in [2.24, 2.45) is 17.8 Å². The third-order valence-electron chi connectivity index (χ3n) is 8.70. The minimum Gasteiger partial charge on any atom is -0.341 e. The molecule has 0 spiro atoms. The molecule has 2 aliphatic heterocycles. The van der Waals surface area contributed by atoms with Crippen molar-refractivity contribution in [3.05, 3.63) is 70.8 Å². The smallest absolute Gasteiger partial charge is 0.246 e. The van der Waals surface area contributed by atoms with Crippen molar-refractivity contribution in [2.75, 3.05) is 13.1 Å². The van der Waals surface area contributed by atoms with Crippen molar-refractivity contribution in [3.63, 3.8) is 0 Å². The van der Waals surface area contributed by atoms with Gasteiger partial charge in [0.1, 0.15) is 6.04 Å². The highest BCUT2D eigenvalue weighted by molar-refractivity contribution is 9.10. The highest BCUT2D eigenvalue weighted by Gasteiger charge is 2.73. The quantitative estimate of drug-likeness (QED) is 0.348. The number of nitrogens with zero attached hydrogens (tertiary/aromatic N) is 2. The second-order valence-electron chi connectivity index (χ2n) is 10.9. The lowest BCUT2D eigenvalue weighted by atomic mass is 9.54. The van der Waals surface area contributed by atoms with Gasteiger partial charge in [-0.15, -0.1) is 0 Å². The molecule has 7 rings (SSSR count). The second-order valence-corrected chi connectivity index (χ2v) is 13.4. The monoisotopic (exact) mass is 612 g/mol. The van der Waals surface area contributed by atoms with Crippen LogP contribution >= 0.6 is 31.9 Å². The summed E-state index contributed by atoms with van der Waals surface area (Å²) >= 11 is 8.10. The van der Waals surface area contributed by atoms with E-state index in [9.17, 15) is 14.4 Å². The molecule has 36 heavy (non-hydrogen) atoms. The summed E-state index contributed by atoms with van der Waals surface area (Å²) in [6.45, 7) is 5.25. The van der Waals surface area contributed by atoms with Gasteiger partial charge in [-0.1, -0.05) is 107 Å². The Kier molecular flexibility index (Phi) is 5.76. The number of amides is 3. The number of likely N-dealkylation sites (tertiary alicyclic amines) is 2. The molecule has 2 fully saturated rings. The molecule has 3 aliphatic carbocycles. The van der Waals surface area contributed by atoms with E-state index in [1.54, 1.807) is 0 Å². The molecule has 2 saturated heterocycles. The van der Waals surface area contributed by atoms with Crippen molar-refractivity contribution in [1.82, 2.24) is 9.80 Å². The molecule has 2 heterocycles. The van der Waals surface area contributed by atoms with Crippen LogP contribution in [0.15, 0.2) is 48.5 Å². The van der Waals surface area contributed by atoms with Crippen LogP contribution in [0.5, 0.6) is 0 Å². The first-order valence-corrected chi connectivity index (χ1v) is 14.6. The number of rotatable bonds is 3. The topological polar surface area (TPSA) is 57.7 Å². The largest absolute Gasteiger partial charge is 0.341 e. The summed E-state index contributed by atoms with van der Waals surface area (Å²) in [6.07, 6.45) is 4.14. The molecule has 2 aromatic carbocycles. The van der Waals surface area contributed by atoms with Gasteiger partial charge in [-0.05, 0) is 41.0 Å². The first kappa shape index (κ1) is 24.4. The van der Waals surface area contributed by atoms with Gasteiger partial charge in [-0.2, -0.15) is 0 Å². The lowest BCUT2D eigenvalue weighted by molar-refractivity contribution is -0.153.